The molecule has 1 heterocycles. The molecule has 6 heteroatoms. The van der Waals surface area contributed by atoms with Crippen molar-refractivity contribution >= 4 is 34.6 Å². The molecular weight excluding hydrogens is 336 g/mol. The summed E-state index contributed by atoms with van der Waals surface area (Å²) in [5.41, 5.74) is 2.72. The van der Waals surface area contributed by atoms with E-state index >= 15 is 0 Å². The zero-order valence-electron chi connectivity index (χ0n) is 14.2. The SMILES string of the molecule is COc1cc(/C=C2\SC(=Nc3ccccc3C)NC2=O)cc(OC)c1. The van der Waals surface area contributed by atoms with Crippen molar-refractivity contribution in [2.24, 2.45) is 4.99 Å². The standard InChI is InChI=1S/C19H18N2O3S/c1-12-6-4-5-7-16(12)20-19-21-18(22)17(25-19)10-13-8-14(23-2)11-15(9-13)24-3/h4-11H,1-3H3,(H,20,21,22)/b17-10-. The Kier molecular flexibility index (Phi) is 5.09. The molecule has 1 amide bonds. The fourth-order valence-corrected chi connectivity index (χ4v) is 3.18. The second kappa shape index (κ2) is 7.44. The molecule has 0 aromatic heterocycles. The summed E-state index contributed by atoms with van der Waals surface area (Å²) < 4.78 is 10.5. The number of rotatable bonds is 4. The third kappa shape index (κ3) is 4.03. The van der Waals surface area contributed by atoms with E-state index in [9.17, 15) is 4.79 Å². The van der Waals surface area contributed by atoms with Gasteiger partial charge in [-0.1, -0.05) is 18.2 Å². The van der Waals surface area contributed by atoms with Crippen molar-refractivity contribution in [2.45, 2.75) is 6.92 Å². The summed E-state index contributed by atoms with van der Waals surface area (Å²) in [6, 6.07) is 13.3. The van der Waals surface area contributed by atoms with Crippen LogP contribution in [0.5, 0.6) is 11.5 Å². The number of hydrogen-bond acceptors (Lipinski definition) is 5. The van der Waals surface area contributed by atoms with Crippen molar-refractivity contribution in [3.63, 3.8) is 0 Å². The molecule has 25 heavy (non-hydrogen) atoms. The van der Waals surface area contributed by atoms with Crippen molar-refractivity contribution in [2.75, 3.05) is 14.2 Å². The van der Waals surface area contributed by atoms with Crippen LogP contribution in [0.2, 0.25) is 0 Å². The predicted octanol–water partition coefficient (Wildman–Crippen LogP) is 3.90. The van der Waals surface area contributed by atoms with Gasteiger partial charge in [0.05, 0.1) is 24.8 Å². The van der Waals surface area contributed by atoms with E-state index in [1.54, 1.807) is 26.4 Å². The molecule has 1 aliphatic heterocycles. The molecule has 0 aliphatic carbocycles. The first-order valence-corrected chi connectivity index (χ1v) is 8.49. The topological polar surface area (TPSA) is 59.9 Å². The summed E-state index contributed by atoms with van der Waals surface area (Å²) in [4.78, 5) is 17.3. The lowest BCUT2D eigenvalue weighted by Gasteiger charge is -2.06. The van der Waals surface area contributed by atoms with E-state index in [-0.39, 0.29) is 5.91 Å². The number of nitrogens with zero attached hydrogens (tertiary/aromatic N) is 1. The second-order valence-corrected chi connectivity index (χ2v) is 6.44. The van der Waals surface area contributed by atoms with Crippen LogP contribution < -0.4 is 14.8 Å². The number of benzene rings is 2. The number of aryl methyl sites for hydroxylation is 1. The van der Waals surface area contributed by atoms with E-state index in [1.807, 2.05) is 43.3 Å². The number of amidine groups is 1. The highest BCUT2D eigenvalue weighted by Gasteiger charge is 2.24. The van der Waals surface area contributed by atoms with Crippen LogP contribution in [0.25, 0.3) is 6.08 Å². The number of nitrogens with one attached hydrogen (secondary N) is 1. The summed E-state index contributed by atoms with van der Waals surface area (Å²) in [6.07, 6.45) is 1.80. The molecule has 1 fully saturated rings. The Morgan fingerprint density at radius 3 is 2.40 bits per heavy atom. The van der Waals surface area contributed by atoms with E-state index in [0.717, 1.165) is 16.8 Å². The van der Waals surface area contributed by atoms with Gasteiger partial charge in [0.1, 0.15) is 11.5 Å². The van der Waals surface area contributed by atoms with Crippen molar-refractivity contribution in [3.8, 4) is 11.5 Å². The molecule has 0 bridgehead atoms. The lowest BCUT2D eigenvalue weighted by Crippen LogP contribution is -2.19. The number of methoxy groups -OCH3 is 2. The molecular formula is C19H18N2O3S. The van der Waals surface area contributed by atoms with Crippen LogP contribution in [-0.4, -0.2) is 25.3 Å². The molecule has 2 aromatic carbocycles. The Balaban J connectivity index is 1.88. The van der Waals surface area contributed by atoms with Crippen LogP contribution in [0.4, 0.5) is 5.69 Å². The number of thioether (sulfide) groups is 1. The van der Waals surface area contributed by atoms with E-state index in [2.05, 4.69) is 10.3 Å². The first-order valence-electron chi connectivity index (χ1n) is 7.67. The van der Waals surface area contributed by atoms with Crippen LogP contribution in [-0.2, 0) is 4.79 Å². The molecule has 1 N–H and O–H groups in total. The Bertz CT molecular complexity index is 852. The zero-order chi connectivity index (χ0) is 17.8. The third-order valence-electron chi connectivity index (χ3n) is 3.66. The minimum absolute atomic E-state index is 0.167. The van der Waals surface area contributed by atoms with Crippen LogP contribution in [0, 0.1) is 6.92 Å². The predicted molar refractivity (Wildman–Crippen MR) is 102 cm³/mol. The zero-order valence-corrected chi connectivity index (χ0v) is 15.0. The van der Waals surface area contributed by atoms with Crippen LogP contribution in [0.3, 0.4) is 0 Å². The number of carbonyl (C=O) groups is 1. The van der Waals surface area contributed by atoms with E-state index in [1.165, 1.54) is 11.8 Å². The molecule has 1 saturated heterocycles. The fourth-order valence-electron chi connectivity index (χ4n) is 2.34. The number of aliphatic imine (C=N–C) groups is 1. The largest absolute Gasteiger partial charge is 0.497 e. The molecule has 0 atom stereocenters. The van der Waals surface area contributed by atoms with Gasteiger partial charge in [-0.15, -0.1) is 0 Å². The van der Waals surface area contributed by atoms with Gasteiger partial charge in [0.2, 0.25) is 0 Å². The van der Waals surface area contributed by atoms with Gasteiger partial charge in [-0.2, -0.15) is 0 Å². The van der Waals surface area contributed by atoms with Gasteiger partial charge in [-0.05, 0) is 54.1 Å². The lowest BCUT2D eigenvalue weighted by molar-refractivity contribution is -0.115. The highest BCUT2D eigenvalue weighted by atomic mass is 32.2. The number of amides is 1. The van der Waals surface area contributed by atoms with E-state index < -0.39 is 0 Å². The highest BCUT2D eigenvalue weighted by Crippen LogP contribution is 2.31. The summed E-state index contributed by atoms with van der Waals surface area (Å²) in [7, 11) is 3.19. The Morgan fingerprint density at radius 1 is 1.08 bits per heavy atom. The van der Waals surface area contributed by atoms with Gasteiger partial charge in [0.15, 0.2) is 5.17 Å². The van der Waals surface area contributed by atoms with Gasteiger partial charge in [-0.3, -0.25) is 4.79 Å². The molecule has 2 aromatic rings. The number of ether oxygens (including phenoxy) is 2. The average Bonchev–Trinajstić information content (AvgIpc) is 2.95. The molecule has 0 saturated carbocycles. The van der Waals surface area contributed by atoms with Gasteiger partial charge < -0.3 is 14.8 Å². The molecule has 0 spiro atoms. The van der Waals surface area contributed by atoms with Gasteiger partial charge in [0.25, 0.3) is 5.91 Å². The first kappa shape index (κ1) is 17.1. The van der Waals surface area contributed by atoms with Crippen LogP contribution in [0.1, 0.15) is 11.1 Å². The lowest BCUT2D eigenvalue weighted by atomic mass is 10.2. The van der Waals surface area contributed by atoms with Gasteiger partial charge >= 0.3 is 0 Å². The molecule has 5 nitrogen and oxygen atoms in total. The Labute approximate surface area is 150 Å². The number of para-hydroxylation sites is 1. The van der Waals surface area contributed by atoms with E-state index in [0.29, 0.717) is 21.6 Å². The quantitative estimate of drug-likeness (QED) is 0.846. The van der Waals surface area contributed by atoms with E-state index in [4.69, 9.17) is 9.47 Å². The maximum atomic E-state index is 12.2. The fraction of sp³-hybridized carbons (Fsp3) is 0.158. The molecule has 128 valence electrons. The summed E-state index contributed by atoms with van der Waals surface area (Å²) in [6.45, 7) is 1.99. The van der Waals surface area contributed by atoms with Crippen molar-refractivity contribution in [1.29, 1.82) is 0 Å². The van der Waals surface area contributed by atoms with Crippen molar-refractivity contribution in [3.05, 3.63) is 58.5 Å². The smallest absolute Gasteiger partial charge is 0.264 e. The Morgan fingerprint density at radius 2 is 1.76 bits per heavy atom. The normalized spacial score (nSPS) is 17.0. The molecule has 0 radical (unpaired) electrons. The van der Waals surface area contributed by atoms with Crippen molar-refractivity contribution in [1.82, 2.24) is 5.32 Å². The first-order chi connectivity index (χ1) is 12.1. The maximum Gasteiger partial charge on any atom is 0.264 e. The van der Waals surface area contributed by atoms with Crippen molar-refractivity contribution < 1.29 is 14.3 Å². The highest BCUT2D eigenvalue weighted by molar-refractivity contribution is 8.18. The van der Waals surface area contributed by atoms with Crippen LogP contribution >= 0.6 is 11.8 Å². The summed E-state index contributed by atoms with van der Waals surface area (Å²) in [5, 5.41) is 3.37. The molecule has 1 aliphatic rings. The minimum atomic E-state index is -0.167. The average molecular weight is 354 g/mol. The van der Waals surface area contributed by atoms with Gasteiger partial charge in [-0.25, -0.2) is 4.99 Å². The van der Waals surface area contributed by atoms with Crippen LogP contribution in [0.15, 0.2) is 52.4 Å². The monoisotopic (exact) mass is 354 g/mol. The third-order valence-corrected chi connectivity index (χ3v) is 4.57. The van der Waals surface area contributed by atoms with Gasteiger partial charge in [0, 0.05) is 6.07 Å². The number of hydrogen-bond donors (Lipinski definition) is 1. The molecule has 0 unspecified atom stereocenters. The molecule has 3 rings (SSSR count). The minimum Gasteiger partial charge on any atom is -0.497 e. The summed E-state index contributed by atoms with van der Waals surface area (Å²) >= 11 is 1.31. The number of carbonyl (C=O) groups excluding carboxylic acids is 1. The maximum absolute atomic E-state index is 12.2. The Hall–Kier alpha value is -2.73. The summed E-state index contributed by atoms with van der Waals surface area (Å²) in [5.74, 6) is 1.17. The second-order valence-electron chi connectivity index (χ2n) is 5.41.